The van der Waals surface area contributed by atoms with Crippen LogP contribution in [0.25, 0.3) is 0 Å². The second kappa shape index (κ2) is 4.35. The summed E-state index contributed by atoms with van der Waals surface area (Å²) in [6.07, 6.45) is -4.74. The smallest absolute Gasteiger partial charge is 0.401 e. The highest BCUT2D eigenvalue weighted by Crippen LogP contribution is 2.30. The Labute approximate surface area is 88.2 Å². The topological polar surface area (TPSA) is 91.2 Å². The minimum absolute atomic E-state index is 0.0443. The predicted octanol–water partition coefficient (Wildman–Crippen LogP) is 0.834. The number of pyridine rings is 1. The van der Waals surface area contributed by atoms with Gasteiger partial charge in [0.05, 0.1) is 11.3 Å². The summed E-state index contributed by atoms with van der Waals surface area (Å²) < 4.78 is 39.5. The van der Waals surface area contributed by atoms with Gasteiger partial charge in [-0.1, -0.05) is 0 Å². The van der Waals surface area contributed by atoms with Crippen molar-refractivity contribution in [3.8, 4) is 5.75 Å². The molecule has 0 spiro atoms. The number of nitrogens with zero attached hydrogens (tertiary/aromatic N) is 1. The minimum Gasteiger partial charge on any atom is -0.401 e. The number of aromatic nitrogens is 1. The lowest BCUT2D eigenvalue weighted by Crippen LogP contribution is -2.20. The first-order chi connectivity index (χ1) is 7.37. The Morgan fingerprint density at radius 2 is 2.12 bits per heavy atom. The highest BCUT2D eigenvalue weighted by molar-refractivity contribution is 5.82. The molecule has 8 heteroatoms. The Balaban J connectivity index is 3.22. The van der Waals surface area contributed by atoms with Gasteiger partial charge in [0.15, 0.2) is 17.9 Å². The summed E-state index contributed by atoms with van der Waals surface area (Å²) in [7, 11) is 0. The zero-order chi connectivity index (χ0) is 12.3. The van der Waals surface area contributed by atoms with Crippen LogP contribution >= 0.6 is 0 Å². The van der Waals surface area contributed by atoms with Gasteiger partial charge in [-0.25, -0.2) is 4.98 Å². The fourth-order valence-electron chi connectivity index (χ4n) is 1.05. The molecule has 1 aromatic rings. The highest BCUT2D eigenvalue weighted by atomic mass is 19.4. The second-order valence-corrected chi connectivity index (χ2v) is 2.79. The van der Waals surface area contributed by atoms with E-state index in [-0.39, 0.29) is 24.1 Å². The molecule has 0 unspecified atom stereocenters. The first-order valence-electron chi connectivity index (χ1n) is 4.07. The van der Waals surface area contributed by atoms with Gasteiger partial charge in [0.1, 0.15) is 0 Å². The molecule has 4 N–H and O–H groups in total. The van der Waals surface area contributed by atoms with Crippen molar-refractivity contribution in [2.24, 2.45) is 5.73 Å². The van der Waals surface area contributed by atoms with Crippen LogP contribution in [0.15, 0.2) is 6.07 Å². The van der Waals surface area contributed by atoms with Gasteiger partial charge in [0.25, 0.3) is 0 Å². The van der Waals surface area contributed by atoms with Gasteiger partial charge in [0, 0.05) is 6.54 Å². The Hall–Kier alpha value is -1.83. The summed E-state index contributed by atoms with van der Waals surface area (Å²) >= 11 is 0. The standard InChI is InChI=1S/C8H8F3N3O2/c9-8(10,11)16-6-4(3-15)1-5(2-12)14-7(6)13/h1,3H,2,12H2,(H2,13,14). The second-order valence-electron chi connectivity index (χ2n) is 2.79. The van der Waals surface area contributed by atoms with Crippen LogP contribution in [0.2, 0.25) is 0 Å². The zero-order valence-electron chi connectivity index (χ0n) is 7.91. The molecule has 0 saturated heterocycles. The molecule has 0 aliphatic heterocycles. The number of aldehydes is 1. The van der Waals surface area contributed by atoms with Gasteiger partial charge in [-0.05, 0) is 6.07 Å². The minimum atomic E-state index is -4.93. The van der Waals surface area contributed by atoms with Gasteiger partial charge < -0.3 is 16.2 Å². The number of carbonyl (C=O) groups excluding carboxylic acids is 1. The molecule has 0 aliphatic carbocycles. The Kier molecular flexibility index (Phi) is 3.33. The fraction of sp³-hybridized carbons (Fsp3) is 0.250. The highest BCUT2D eigenvalue weighted by Gasteiger charge is 2.33. The van der Waals surface area contributed by atoms with Crippen molar-refractivity contribution < 1.29 is 22.7 Å². The van der Waals surface area contributed by atoms with Gasteiger partial charge >= 0.3 is 6.36 Å². The van der Waals surface area contributed by atoms with E-state index in [1.165, 1.54) is 0 Å². The van der Waals surface area contributed by atoms with E-state index in [2.05, 4.69) is 9.72 Å². The molecule has 0 amide bonds. The lowest BCUT2D eigenvalue weighted by atomic mass is 10.2. The molecule has 1 heterocycles. The molecule has 0 bridgehead atoms. The van der Waals surface area contributed by atoms with Crippen molar-refractivity contribution in [3.05, 3.63) is 17.3 Å². The third-order valence-electron chi connectivity index (χ3n) is 1.63. The van der Waals surface area contributed by atoms with Crippen molar-refractivity contribution >= 4 is 12.1 Å². The summed E-state index contributed by atoms with van der Waals surface area (Å²) in [5.41, 5.74) is 10.3. The first kappa shape index (κ1) is 12.2. The van der Waals surface area contributed by atoms with Gasteiger partial charge in [0.2, 0.25) is 0 Å². The maximum Gasteiger partial charge on any atom is 0.573 e. The number of anilines is 1. The molecule has 1 aromatic heterocycles. The van der Waals surface area contributed by atoms with E-state index in [1.807, 2.05) is 0 Å². The van der Waals surface area contributed by atoms with Gasteiger partial charge in [-0.3, -0.25) is 4.79 Å². The Morgan fingerprint density at radius 1 is 1.50 bits per heavy atom. The van der Waals surface area contributed by atoms with Crippen LogP contribution in [0.1, 0.15) is 16.1 Å². The van der Waals surface area contributed by atoms with E-state index >= 15 is 0 Å². The van der Waals surface area contributed by atoms with Crippen LogP contribution in [-0.4, -0.2) is 17.6 Å². The number of halogens is 3. The number of ether oxygens (including phenoxy) is 1. The van der Waals surface area contributed by atoms with Crippen molar-refractivity contribution in [2.75, 3.05) is 5.73 Å². The average Bonchev–Trinajstić information content (AvgIpc) is 2.19. The number of rotatable bonds is 3. The summed E-state index contributed by atoms with van der Waals surface area (Å²) in [5.74, 6) is -1.33. The molecule has 88 valence electrons. The van der Waals surface area contributed by atoms with Crippen LogP contribution < -0.4 is 16.2 Å². The largest absolute Gasteiger partial charge is 0.573 e. The number of nitrogen functional groups attached to an aromatic ring is 1. The Morgan fingerprint density at radius 3 is 2.56 bits per heavy atom. The molecule has 0 aliphatic rings. The fourth-order valence-corrected chi connectivity index (χ4v) is 1.05. The average molecular weight is 235 g/mol. The maximum atomic E-state index is 12.0. The van der Waals surface area contributed by atoms with E-state index < -0.39 is 17.9 Å². The lowest BCUT2D eigenvalue weighted by molar-refractivity contribution is -0.274. The molecule has 5 nitrogen and oxygen atoms in total. The molecule has 0 radical (unpaired) electrons. The number of alkyl halides is 3. The molecular weight excluding hydrogens is 227 g/mol. The van der Waals surface area contributed by atoms with Gasteiger partial charge in [-0.2, -0.15) is 0 Å². The predicted molar refractivity (Wildman–Crippen MR) is 48.6 cm³/mol. The van der Waals surface area contributed by atoms with Crippen LogP contribution in [-0.2, 0) is 6.54 Å². The van der Waals surface area contributed by atoms with E-state index in [0.717, 1.165) is 6.07 Å². The first-order valence-corrected chi connectivity index (χ1v) is 4.07. The maximum absolute atomic E-state index is 12.0. The van der Waals surface area contributed by atoms with E-state index in [1.54, 1.807) is 0 Å². The van der Waals surface area contributed by atoms with Crippen molar-refractivity contribution in [3.63, 3.8) is 0 Å². The molecule has 0 saturated carbocycles. The quantitative estimate of drug-likeness (QED) is 0.757. The molecule has 0 atom stereocenters. The molecule has 16 heavy (non-hydrogen) atoms. The van der Waals surface area contributed by atoms with Gasteiger partial charge in [-0.15, -0.1) is 13.2 Å². The van der Waals surface area contributed by atoms with Crippen LogP contribution in [0.5, 0.6) is 5.75 Å². The Bertz CT molecular complexity index is 406. The molecule has 0 fully saturated rings. The number of hydrogen-bond acceptors (Lipinski definition) is 5. The van der Waals surface area contributed by atoms with Crippen LogP contribution in [0, 0.1) is 0 Å². The zero-order valence-corrected chi connectivity index (χ0v) is 7.91. The SMILES string of the molecule is NCc1cc(C=O)c(OC(F)(F)F)c(N)n1. The van der Waals surface area contributed by atoms with Crippen molar-refractivity contribution in [1.82, 2.24) is 4.98 Å². The third-order valence-corrected chi connectivity index (χ3v) is 1.63. The summed E-state index contributed by atoms with van der Waals surface area (Å²) in [5, 5.41) is 0. The normalized spacial score (nSPS) is 11.2. The third kappa shape index (κ3) is 2.83. The molecular formula is C8H8F3N3O2. The van der Waals surface area contributed by atoms with Crippen molar-refractivity contribution in [1.29, 1.82) is 0 Å². The summed E-state index contributed by atoms with van der Waals surface area (Å²) in [6, 6.07) is 1.09. The van der Waals surface area contributed by atoms with E-state index in [0.29, 0.717) is 0 Å². The number of hydrogen-bond donors (Lipinski definition) is 2. The number of nitrogens with two attached hydrogens (primary N) is 2. The van der Waals surface area contributed by atoms with E-state index in [4.69, 9.17) is 11.5 Å². The number of carbonyl (C=O) groups is 1. The monoisotopic (exact) mass is 235 g/mol. The van der Waals surface area contributed by atoms with Crippen LogP contribution in [0.3, 0.4) is 0 Å². The van der Waals surface area contributed by atoms with Crippen molar-refractivity contribution in [2.45, 2.75) is 12.9 Å². The van der Waals surface area contributed by atoms with E-state index in [9.17, 15) is 18.0 Å². The lowest BCUT2D eigenvalue weighted by Gasteiger charge is -2.13. The summed E-state index contributed by atoms with van der Waals surface area (Å²) in [6.45, 7) is -0.0443. The summed E-state index contributed by atoms with van der Waals surface area (Å²) in [4.78, 5) is 14.1. The molecule has 0 aromatic carbocycles. The van der Waals surface area contributed by atoms with Crippen LogP contribution in [0.4, 0.5) is 19.0 Å². The molecule has 1 rings (SSSR count).